The third kappa shape index (κ3) is 3.49. The summed E-state index contributed by atoms with van der Waals surface area (Å²) in [5, 5.41) is 5.43. The van der Waals surface area contributed by atoms with E-state index < -0.39 is 12.1 Å². The summed E-state index contributed by atoms with van der Waals surface area (Å²) >= 11 is 6.59. The van der Waals surface area contributed by atoms with Crippen LogP contribution >= 0.6 is 11.6 Å². The number of carbonyl (C=O) groups excluding carboxylic acids is 1. The van der Waals surface area contributed by atoms with Gasteiger partial charge >= 0.3 is 0 Å². The third-order valence-electron chi connectivity index (χ3n) is 6.24. The van der Waals surface area contributed by atoms with E-state index in [2.05, 4.69) is 21.3 Å². The maximum Gasteiger partial charge on any atom is 0.231 e. The molecule has 1 aromatic heterocycles. The van der Waals surface area contributed by atoms with Gasteiger partial charge in [0.1, 0.15) is 12.0 Å². The molecule has 5 rings (SSSR count). The number of amides is 1. The first-order chi connectivity index (χ1) is 13.6. The number of ether oxygens (including phenoxy) is 1. The van der Waals surface area contributed by atoms with Crippen molar-refractivity contribution in [3.8, 4) is 0 Å². The molecule has 3 fully saturated rings. The van der Waals surface area contributed by atoms with Crippen LogP contribution < -0.4 is 5.32 Å². The number of nitrogens with zero attached hydrogens (tertiary/aromatic N) is 2. The second kappa shape index (κ2) is 7.25. The molecule has 0 radical (unpaired) electrons. The number of likely N-dealkylation sites (tertiary alicyclic amines) is 1. The van der Waals surface area contributed by atoms with Crippen LogP contribution in [-0.4, -0.2) is 54.3 Å². The minimum absolute atomic E-state index is 0.291. The Hall–Kier alpha value is -1.76. The van der Waals surface area contributed by atoms with Gasteiger partial charge in [0, 0.05) is 16.6 Å². The second-order valence-electron chi connectivity index (χ2n) is 8.14. The molecular weight excluding hydrogens is 381 g/mol. The number of piperidine rings is 1. The normalized spacial score (nSPS) is 26.2. The Bertz CT molecular complexity index is 912. The Kier molecular flexibility index (Phi) is 4.73. The molecule has 0 spiro atoms. The highest BCUT2D eigenvalue weighted by atomic mass is 35.5. The number of hydrogen-bond acceptors (Lipinski definition) is 4. The lowest BCUT2D eigenvalue weighted by molar-refractivity contribution is -0.117. The first-order valence-electron chi connectivity index (χ1n) is 9.94. The number of nitrogens with one attached hydrogen (secondary N) is 1. The Morgan fingerprint density at radius 1 is 1.21 bits per heavy atom. The maximum absolute atomic E-state index is 13.1. The number of fused-ring (bicyclic) bond motifs is 1. The lowest BCUT2D eigenvalue weighted by Crippen LogP contribution is -2.51. The second-order valence-corrected chi connectivity index (χ2v) is 8.55. The summed E-state index contributed by atoms with van der Waals surface area (Å²) in [4.78, 5) is 18.8. The van der Waals surface area contributed by atoms with Crippen molar-refractivity contribution in [2.24, 2.45) is 5.92 Å². The predicted octanol–water partition coefficient (Wildman–Crippen LogP) is 3.76. The third-order valence-corrected chi connectivity index (χ3v) is 6.57. The van der Waals surface area contributed by atoms with Crippen molar-refractivity contribution < 1.29 is 13.9 Å². The molecule has 2 aliphatic heterocycles. The van der Waals surface area contributed by atoms with Crippen LogP contribution in [0, 0.1) is 5.92 Å². The molecule has 3 heterocycles. The molecule has 1 N–H and O–H groups in total. The van der Waals surface area contributed by atoms with E-state index >= 15 is 0 Å². The molecule has 1 aromatic carbocycles. The number of alkyl halides is 1. The predicted molar refractivity (Wildman–Crippen MR) is 107 cm³/mol. The van der Waals surface area contributed by atoms with E-state index in [-0.39, 0.29) is 5.91 Å². The van der Waals surface area contributed by atoms with Gasteiger partial charge in [-0.15, -0.1) is 0 Å². The first kappa shape index (κ1) is 18.3. The largest absolute Gasteiger partial charge is 0.378 e. The van der Waals surface area contributed by atoms with E-state index in [0.29, 0.717) is 24.2 Å². The lowest BCUT2D eigenvalue weighted by Gasteiger charge is -2.41. The number of hydrogen-bond donors (Lipinski definition) is 1. The van der Waals surface area contributed by atoms with Crippen LogP contribution in [0.3, 0.4) is 0 Å². The quantitative estimate of drug-likeness (QED) is 0.844. The van der Waals surface area contributed by atoms with Gasteiger partial charge in [0.25, 0.3) is 0 Å². The van der Waals surface area contributed by atoms with Crippen LogP contribution in [0.25, 0.3) is 10.8 Å². The topological polar surface area (TPSA) is 54.5 Å². The van der Waals surface area contributed by atoms with Crippen LogP contribution in [0.1, 0.15) is 30.7 Å². The zero-order valence-corrected chi connectivity index (χ0v) is 16.3. The first-order valence-corrected chi connectivity index (χ1v) is 10.3. The fourth-order valence-electron chi connectivity index (χ4n) is 4.23. The Morgan fingerprint density at radius 3 is 2.61 bits per heavy atom. The molecule has 2 saturated heterocycles. The average molecular weight is 404 g/mol. The molecule has 0 bridgehead atoms. The monoisotopic (exact) mass is 403 g/mol. The SMILES string of the molecule is O=C(Nc1cc2cc(C3CCN(C4COC4)CC3)c(Cl)cc2cn1)[C@@H]1C[C@H]1F. The molecule has 2 atom stereocenters. The van der Waals surface area contributed by atoms with Crippen molar-refractivity contribution in [3.63, 3.8) is 0 Å². The van der Waals surface area contributed by atoms with Crippen molar-refractivity contribution in [1.82, 2.24) is 9.88 Å². The minimum Gasteiger partial charge on any atom is -0.378 e. The zero-order valence-electron chi connectivity index (χ0n) is 15.5. The van der Waals surface area contributed by atoms with Gasteiger partial charge in [-0.05, 0) is 67.4 Å². The highest BCUT2D eigenvalue weighted by molar-refractivity contribution is 6.32. The van der Waals surface area contributed by atoms with E-state index in [0.717, 1.165) is 60.5 Å². The summed E-state index contributed by atoms with van der Waals surface area (Å²) in [5.41, 5.74) is 1.16. The molecule has 148 valence electrons. The number of benzene rings is 1. The smallest absolute Gasteiger partial charge is 0.231 e. The number of anilines is 1. The summed E-state index contributed by atoms with van der Waals surface area (Å²) in [6, 6.07) is 6.51. The van der Waals surface area contributed by atoms with Gasteiger partial charge in [-0.2, -0.15) is 0 Å². The molecular formula is C21H23ClFN3O2. The van der Waals surface area contributed by atoms with E-state index in [4.69, 9.17) is 16.3 Å². The van der Waals surface area contributed by atoms with E-state index in [1.165, 1.54) is 0 Å². The summed E-state index contributed by atoms with van der Waals surface area (Å²) < 4.78 is 18.4. The summed E-state index contributed by atoms with van der Waals surface area (Å²) in [7, 11) is 0. The molecule has 28 heavy (non-hydrogen) atoms. The van der Waals surface area contributed by atoms with Crippen molar-refractivity contribution in [2.45, 2.75) is 37.4 Å². The van der Waals surface area contributed by atoms with Crippen molar-refractivity contribution in [3.05, 3.63) is 35.0 Å². The van der Waals surface area contributed by atoms with Gasteiger partial charge in [0.15, 0.2) is 0 Å². The zero-order chi connectivity index (χ0) is 19.3. The molecule has 1 amide bonds. The molecule has 1 aliphatic carbocycles. The Balaban J connectivity index is 1.34. The average Bonchev–Trinajstić information content (AvgIpc) is 3.38. The molecule has 0 unspecified atom stereocenters. The van der Waals surface area contributed by atoms with Crippen LogP contribution in [0.5, 0.6) is 0 Å². The highest BCUT2D eigenvalue weighted by Gasteiger charge is 2.43. The Morgan fingerprint density at radius 2 is 1.96 bits per heavy atom. The van der Waals surface area contributed by atoms with E-state index in [1.807, 2.05) is 12.1 Å². The van der Waals surface area contributed by atoms with Gasteiger partial charge < -0.3 is 10.1 Å². The molecule has 2 aromatic rings. The molecule has 7 heteroatoms. The van der Waals surface area contributed by atoms with Gasteiger partial charge in [-0.25, -0.2) is 9.37 Å². The highest BCUT2D eigenvalue weighted by Crippen LogP contribution is 2.37. The van der Waals surface area contributed by atoms with Crippen LogP contribution in [-0.2, 0) is 9.53 Å². The van der Waals surface area contributed by atoms with Crippen molar-refractivity contribution >= 4 is 34.1 Å². The van der Waals surface area contributed by atoms with Gasteiger partial charge in [0.2, 0.25) is 5.91 Å². The van der Waals surface area contributed by atoms with Crippen LogP contribution in [0.4, 0.5) is 10.2 Å². The number of aromatic nitrogens is 1. The van der Waals surface area contributed by atoms with E-state index in [9.17, 15) is 9.18 Å². The van der Waals surface area contributed by atoms with Gasteiger partial charge in [0.05, 0.1) is 25.2 Å². The van der Waals surface area contributed by atoms with Crippen molar-refractivity contribution in [2.75, 3.05) is 31.6 Å². The number of pyridine rings is 1. The fourth-order valence-corrected chi connectivity index (χ4v) is 4.55. The van der Waals surface area contributed by atoms with E-state index in [1.54, 1.807) is 6.20 Å². The summed E-state index contributed by atoms with van der Waals surface area (Å²) in [6.45, 7) is 3.84. The molecule has 3 aliphatic rings. The van der Waals surface area contributed by atoms with Crippen LogP contribution in [0.15, 0.2) is 24.4 Å². The number of carbonyl (C=O) groups is 1. The summed E-state index contributed by atoms with van der Waals surface area (Å²) in [6.07, 6.45) is 3.17. The fraction of sp³-hybridized carbons (Fsp3) is 0.524. The van der Waals surface area contributed by atoms with Gasteiger partial charge in [-0.3, -0.25) is 9.69 Å². The number of rotatable bonds is 4. The van der Waals surface area contributed by atoms with Gasteiger partial charge in [-0.1, -0.05) is 11.6 Å². The maximum atomic E-state index is 13.1. The van der Waals surface area contributed by atoms with Crippen LogP contribution in [0.2, 0.25) is 5.02 Å². The Labute approximate surface area is 168 Å². The standard InChI is InChI=1S/C21H23ClFN3O2/c22-18-6-14-9-24-20(25-21(27)17-8-19(17)23)7-13(14)5-16(18)12-1-3-26(4-2-12)15-10-28-11-15/h5-7,9,12,15,17,19H,1-4,8,10-11H2,(H,24,25,27)/t17-,19-/m1/s1. The lowest BCUT2D eigenvalue weighted by atomic mass is 9.87. The molecule has 1 saturated carbocycles. The summed E-state index contributed by atoms with van der Waals surface area (Å²) in [5.74, 6) is 0.0780. The minimum atomic E-state index is -1.01. The van der Waals surface area contributed by atoms with Crippen molar-refractivity contribution in [1.29, 1.82) is 0 Å². The number of halogens is 2. The molecule has 5 nitrogen and oxygen atoms in total.